The van der Waals surface area contributed by atoms with Gasteiger partial charge in [0.05, 0.1) is 48.8 Å². The molecule has 0 amide bonds. The highest BCUT2D eigenvalue weighted by Gasteiger charge is 2.34. The van der Waals surface area contributed by atoms with Gasteiger partial charge < -0.3 is 18.9 Å². The number of carbonyl (C=O) groups excluding carboxylic acids is 1. The van der Waals surface area contributed by atoms with E-state index in [2.05, 4.69) is 4.99 Å². The van der Waals surface area contributed by atoms with Crippen molar-refractivity contribution in [3.05, 3.63) is 84.0 Å². The number of aryl methyl sites for hydroxylation is 1. The van der Waals surface area contributed by atoms with Crippen molar-refractivity contribution < 1.29 is 23.7 Å². The standard InChI is InChI=1S/C29H32N2O6S/c1-8-36-28(33)25-18(5)30-29-31(26(25)20-11-12-21(37-16(2)3)23(15-20)35-7)27(32)24(38-29)14-19-10-9-17(4)22(13-19)34-6/h9-16,26H,8H2,1-7H3. The lowest BCUT2D eigenvalue weighted by Crippen LogP contribution is -2.40. The Morgan fingerprint density at radius 3 is 2.47 bits per heavy atom. The Hall–Kier alpha value is -3.85. The van der Waals surface area contributed by atoms with E-state index >= 15 is 0 Å². The zero-order valence-corrected chi connectivity index (χ0v) is 23.5. The van der Waals surface area contributed by atoms with Crippen LogP contribution in [0.5, 0.6) is 17.2 Å². The van der Waals surface area contributed by atoms with Gasteiger partial charge >= 0.3 is 5.97 Å². The van der Waals surface area contributed by atoms with Crippen LogP contribution in [-0.2, 0) is 9.53 Å². The van der Waals surface area contributed by atoms with E-state index in [0.717, 1.165) is 16.9 Å². The van der Waals surface area contributed by atoms with Crippen molar-refractivity contribution in [3.63, 3.8) is 0 Å². The summed E-state index contributed by atoms with van der Waals surface area (Å²) in [4.78, 5) is 32.1. The van der Waals surface area contributed by atoms with Crippen LogP contribution >= 0.6 is 11.3 Å². The molecule has 3 aromatic rings. The van der Waals surface area contributed by atoms with E-state index in [9.17, 15) is 9.59 Å². The summed E-state index contributed by atoms with van der Waals surface area (Å²) in [5.74, 6) is 1.30. The lowest BCUT2D eigenvalue weighted by atomic mass is 9.95. The maximum absolute atomic E-state index is 13.8. The van der Waals surface area contributed by atoms with Crippen molar-refractivity contribution in [2.45, 2.75) is 46.8 Å². The van der Waals surface area contributed by atoms with Crippen LogP contribution < -0.4 is 29.1 Å². The van der Waals surface area contributed by atoms with Gasteiger partial charge in [0.1, 0.15) is 5.75 Å². The van der Waals surface area contributed by atoms with Gasteiger partial charge in [-0.05, 0) is 75.6 Å². The van der Waals surface area contributed by atoms with Crippen LogP contribution in [0.4, 0.5) is 0 Å². The maximum atomic E-state index is 13.8. The summed E-state index contributed by atoms with van der Waals surface area (Å²) in [7, 11) is 3.17. The Morgan fingerprint density at radius 1 is 1.08 bits per heavy atom. The highest BCUT2D eigenvalue weighted by Crippen LogP contribution is 2.36. The Labute approximate surface area is 225 Å². The van der Waals surface area contributed by atoms with Crippen LogP contribution in [0, 0.1) is 6.92 Å². The number of thiazole rings is 1. The first kappa shape index (κ1) is 27.2. The molecule has 1 atom stereocenters. The Balaban J connectivity index is 1.94. The molecule has 4 rings (SSSR count). The number of hydrogen-bond donors (Lipinski definition) is 0. The van der Waals surface area contributed by atoms with E-state index in [1.165, 1.54) is 11.3 Å². The number of benzene rings is 2. The Bertz CT molecular complexity index is 1580. The summed E-state index contributed by atoms with van der Waals surface area (Å²) in [6.45, 7) is 9.53. The van der Waals surface area contributed by atoms with Gasteiger partial charge in [0, 0.05) is 0 Å². The second-order valence-corrected chi connectivity index (χ2v) is 10.1. The lowest BCUT2D eigenvalue weighted by Gasteiger charge is -2.25. The van der Waals surface area contributed by atoms with E-state index in [1.807, 2.05) is 51.1 Å². The van der Waals surface area contributed by atoms with E-state index in [4.69, 9.17) is 18.9 Å². The molecule has 0 bridgehead atoms. The molecule has 1 aliphatic heterocycles. The fourth-order valence-electron chi connectivity index (χ4n) is 4.39. The van der Waals surface area contributed by atoms with Crippen LogP contribution in [-0.4, -0.2) is 37.5 Å². The number of esters is 1. The van der Waals surface area contributed by atoms with Crippen molar-refractivity contribution in [2.75, 3.05) is 20.8 Å². The average Bonchev–Trinajstić information content (AvgIpc) is 3.18. The first-order valence-corrected chi connectivity index (χ1v) is 13.2. The van der Waals surface area contributed by atoms with Gasteiger partial charge in [-0.2, -0.15) is 0 Å². The summed E-state index contributed by atoms with van der Waals surface area (Å²) >= 11 is 1.27. The third kappa shape index (κ3) is 5.24. The van der Waals surface area contributed by atoms with Gasteiger partial charge in [0.2, 0.25) is 0 Å². The number of aromatic nitrogens is 1. The minimum atomic E-state index is -0.748. The van der Waals surface area contributed by atoms with E-state index < -0.39 is 12.0 Å². The molecular formula is C29H32N2O6S. The minimum absolute atomic E-state index is 0.0509. The predicted octanol–water partition coefficient (Wildman–Crippen LogP) is 3.91. The van der Waals surface area contributed by atoms with E-state index in [-0.39, 0.29) is 18.3 Å². The quantitative estimate of drug-likeness (QED) is 0.406. The zero-order valence-electron chi connectivity index (χ0n) is 22.7. The lowest BCUT2D eigenvalue weighted by molar-refractivity contribution is -0.139. The molecule has 9 heteroatoms. The van der Waals surface area contributed by atoms with Crippen molar-refractivity contribution in [3.8, 4) is 17.2 Å². The smallest absolute Gasteiger partial charge is 0.338 e. The molecule has 1 aromatic heterocycles. The molecular weight excluding hydrogens is 504 g/mol. The number of allylic oxidation sites excluding steroid dienone is 1. The monoisotopic (exact) mass is 536 g/mol. The predicted molar refractivity (Wildman–Crippen MR) is 147 cm³/mol. The van der Waals surface area contributed by atoms with Crippen molar-refractivity contribution in [1.82, 2.24) is 4.57 Å². The number of hydrogen-bond acceptors (Lipinski definition) is 8. The van der Waals surface area contributed by atoms with Crippen molar-refractivity contribution in [2.24, 2.45) is 4.99 Å². The molecule has 38 heavy (non-hydrogen) atoms. The van der Waals surface area contributed by atoms with Gasteiger partial charge in [0.15, 0.2) is 16.3 Å². The molecule has 8 nitrogen and oxygen atoms in total. The molecule has 0 spiro atoms. The number of fused-ring (bicyclic) bond motifs is 1. The third-order valence-electron chi connectivity index (χ3n) is 6.11. The van der Waals surface area contributed by atoms with Crippen LogP contribution in [0.15, 0.2) is 57.5 Å². The summed E-state index contributed by atoms with van der Waals surface area (Å²) in [5.41, 5.74) is 3.06. The number of ether oxygens (including phenoxy) is 4. The minimum Gasteiger partial charge on any atom is -0.496 e. The van der Waals surface area contributed by atoms with Gasteiger partial charge in [-0.15, -0.1) is 0 Å². The fraction of sp³-hybridized carbons (Fsp3) is 0.345. The average molecular weight is 537 g/mol. The van der Waals surface area contributed by atoms with Crippen LogP contribution in [0.3, 0.4) is 0 Å². The summed E-state index contributed by atoms with van der Waals surface area (Å²) in [6.07, 6.45) is 1.76. The molecule has 200 valence electrons. The molecule has 0 fully saturated rings. The van der Waals surface area contributed by atoms with E-state index in [1.54, 1.807) is 44.8 Å². The number of nitrogens with zero attached hydrogens (tertiary/aromatic N) is 2. The summed E-state index contributed by atoms with van der Waals surface area (Å²) in [5, 5.41) is 0. The van der Waals surface area contributed by atoms with Crippen LogP contribution in [0.25, 0.3) is 6.08 Å². The largest absolute Gasteiger partial charge is 0.496 e. The number of rotatable bonds is 8. The fourth-order valence-corrected chi connectivity index (χ4v) is 5.44. The molecule has 0 saturated carbocycles. The third-order valence-corrected chi connectivity index (χ3v) is 7.10. The molecule has 1 aliphatic rings. The van der Waals surface area contributed by atoms with Crippen molar-refractivity contribution >= 4 is 23.4 Å². The molecule has 2 heterocycles. The van der Waals surface area contributed by atoms with Gasteiger partial charge in [-0.1, -0.05) is 29.5 Å². The molecule has 0 aliphatic carbocycles. The van der Waals surface area contributed by atoms with Gasteiger partial charge in [-0.3, -0.25) is 9.36 Å². The molecule has 0 saturated heterocycles. The van der Waals surface area contributed by atoms with Crippen molar-refractivity contribution in [1.29, 1.82) is 0 Å². The molecule has 1 unspecified atom stereocenters. The maximum Gasteiger partial charge on any atom is 0.338 e. The topological polar surface area (TPSA) is 88.4 Å². The second-order valence-electron chi connectivity index (χ2n) is 9.11. The number of carbonyl (C=O) groups is 1. The summed E-state index contributed by atoms with van der Waals surface area (Å²) in [6, 6.07) is 10.4. The summed E-state index contributed by atoms with van der Waals surface area (Å²) < 4.78 is 24.3. The number of methoxy groups -OCH3 is 2. The van der Waals surface area contributed by atoms with Gasteiger partial charge in [-0.25, -0.2) is 9.79 Å². The SMILES string of the molecule is CCOC(=O)C1=C(C)N=c2sc(=Cc3ccc(C)c(OC)c3)c(=O)n2C1c1ccc(OC(C)C)c(OC)c1. The first-order chi connectivity index (χ1) is 18.2. The van der Waals surface area contributed by atoms with E-state index in [0.29, 0.717) is 37.7 Å². The first-order valence-electron chi connectivity index (χ1n) is 12.4. The van der Waals surface area contributed by atoms with Gasteiger partial charge in [0.25, 0.3) is 5.56 Å². The normalized spacial score (nSPS) is 15.3. The second kappa shape index (κ2) is 11.3. The molecule has 2 aromatic carbocycles. The van der Waals surface area contributed by atoms with Crippen LogP contribution in [0.2, 0.25) is 0 Å². The Morgan fingerprint density at radius 2 is 1.82 bits per heavy atom. The highest BCUT2D eigenvalue weighted by atomic mass is 32.1. The molecule has 0 N–H and O–H groups in total. The molecule has 0 radical (unpaired) electrons. The highest BCUT2D eigenvalue weighted by molar-refractivity contribution is 7.07. The zero-order chi connectivity index (χ0) is 27.6. The van der Waals surface area contributed by atoms with Crippen LogP contribution in [0.1, 0.15) is 50.4 Å². The Kier molecular flexibility index (Phi) is 8.06.